The number of rotatable bonds is 1. The number of carbonyl (C=O) groups excluding carboxylic acids is 1. The molecule has 0 aromatic carbocycles. The van der Waals surface area contributed by atoms with Crippen LogP contribution in [0.15, 0.2) is 30.7 Å². The number of nitrogens with zero attached hydrogens (tertiary/aromatic N) is 3. The first-order valence-electron chi connectivity index (χ1n) is 6.42. The van der Waals surface area contributed by atoms with Gasteiger partial charge in [-0.15, -0.1) is 0 Å². The molecule has 0 radical (unpaired) electrons. The van der Waals surface area contributed by atoms with Crippen LogP contribution >= 0.6 is 0 Å². The first-order chi connectivity index (χ1) is 9.65. The molecule has 0 bridgehead atoms. The summed E-state index contributed by atoms with van der Waals surface area (Å²) in [6.07, 6.45) is 6.83. The van der Waals surface area contributed by atoms with E-state index in [-0.39, 0.29) is 0 Å². The van der Waals surface area contributed by atoms with Gasteiger partial charge in [0, 0.05) is 36.3 Å². The van der Waals surface area contributed by atoms with Crippen molar-refractivity contribution in [3.8, 4) is 11.1 Å². The van der Waals surface area contributed by atoms with Crippen molar-refractivity contribution in [2.24, 2.45) is 5.73 Å². The predicted molar refractivity (Wildman–Crippen MR) is 77.1 cm³/mol. The summed E-state index contributed by atoms with van der Waals surface area (Å²) in [4.78, 5) is 21.4. The van der Waals surface area contributed by atoms with E-state index in [0.29, 0.717) is 18.1 Å². The van der Waals surface area contributed by atoms with Gasteiger partial charge in [0.2, 0.25) is 0 Å². The van der Waals surface area contributed by atoms with Crippen molar-refractivity contribution in [3.05, 3.63) is 36.3 Å². The number of nitrogen functional groups attached to an aromatic ring is 1. The molecule has 1 aliphatic rings. The standard InChI is InChI=1S/C14H15N5O/c15-12-5-11(6-17-8-12)10-4-9-2-1-3-19(14(16)20)13(9)18-7-10/h4-8H,1-3,15H2,(H2,16,20). The number of pyridine rings is 2. The zero-order valence-corrected chi connectivity index (χ0v) is 10.9. The zero-order valence-electron chi connectivity index (χ0n) is 10.9. The second-order valence-electron chi connectivity index (χ2n) is 4.81. The van der Waals surface area contributed by atoms with E-state index >= 15 is 0 Å². The van der Waals surface area contributed by atoms with Crippen molar-refractivity contribution in [1.82, 2.24) is 9.97 Å². The molecule has 0 spiro atoms. The molecule has 4 N–H and O–H groups in total. The van der Waals surface area contributed by atoms with E-state index in [1.807, 2.05) is 12.1 Å². The van der Waals surface area contributed by atoms with Gasteiger partial charge in [-0.25, -0.2) is 9.78 Å². The molecule has 2 amide bonds. The largest absolute Gasteiger partial charge is 0.397 e. The number of carbonyl (C=O) groups is 1. The number of aromatic nitrogens is 2. The number of anilines is 2. The highest BCUT2D eigenvalue weighted by atomic mass is 16.2. The second-order valence-corrected chi connectivity index (χ2v) is 4.81. The normalized spacial score (nSPS) is 13.9. The fourth-order valence-corrected chi connectivity index (χ4v) is 2.45. The van der Waals surface area contributed by atoms with Gasteiger partial charge in [0.1, 0.15) is 5.82 Å². The van der Waals surface area contributed by atoms with Gasteiger partial charge in [0.25, 0.3) is 0 Å². The van der Waals surface area contributed by atoms with Crippen molar-refractivity contribution in [2.75, 3.05) is 17.2 Å². The maximum Gasteiger partial charge on any atom is 0.320 e. The maximum atomic E-state index is 11.4. The minimum absolute atomic E-state index is 0.461. The lowest BCUT2D eigenvalue weighted by atomic mass is 10.0. The SMILES string of the molecule is NC(=O)N1CCCc2cc(-c3cncc(N)c3)cnc21. The molecule has 0 unspecified atom stereocenters. The number of hydrogen-bond acceptors (Lipinski definition) is 4. The molecule has 3 rings (SSSR count). The summed E-state index contributed by atoms with van der Waals surface area (Å²) in [7, 11) is 0. The summed E-state index contributed by atoms with van der Waals surface area (Å²) in [5.41, 5.74) is 14.6. The molecule has 20 heavy (non-hydrogen) atoms. The predicted octanol–water partition coefficient (Wildman–Crippen LogP) is 1.56. The van der Waals surface area contributed by atoms with Crippen LogP contribution in [0.5, 0.6) is 0 Å². The highest BCUT2D eigenvalue weighted by molar-refractivity contribution is 5.91. The molecule has 6 heteroatoms. The minimum atomic E-state index is -0.461. The fourth-order valence-electron chi connectivity index (χ4n) is 2.45. The van der Waals surface area contributed by atoms with E-state index in [1.165, 1.54) is 4.90 Å². The van der Waals surface area contributed by atoms with E-state index < -0.39 is 6.03 Å². The van der Waals surface area contributed by atoms with Gasteiger partial charge in [0.15, 0.2) is 0 Å². The van der Waals surface area contributed by atoms with Crippen LogP contribution in [-0.2, 0) is 6.42 Å². The average Bonchev–Trinajstić information content (AvgIpc) is 2.46. The van der Waals surface area contributed by atoms with Gasteiger partial charge in [0.05, 0.1) is 5.69 Å². The van der Waals surface area contributed by atoms with Gasteiger partial charge in [-0.1, -0.05) is 0 Å². The topological polar surface area (TPSA) is 98.1 Å². The lowest BCUT2D eigenvalue weighted by Crippen LogP contribution is -2.40. The number of amides is 2. The van der Waals surface area contributed by atoms with Crippen molar-refractivity contribution in [3.63, 3.8) is 0 Å². The van der Waals surface area contributed by atoms with Crippen LogP contribution in [0.2, 0.25) is 0 Å². The first-order valence-corrected chi connectivity index (χ1v) is 6.42. The van der Waals surface area contributed by atoms with Gasteiger partial charge in [-0.2, -0.15) is 0 Å². The molecular weight excluding hydrogens is 254 g/mol. The van der Waals surface area contributed by atoms with Crippen LogP contribution in [0.25, 0.3) is 11.1 Å². The van der Waals surface area contributed by atoms with Crippen LogP contribution in [0, 0.1) is 0 Å². The Morgan fingerprint density at radius 2 is 2.00 bits per heavy atom. The monoisotopic (exact) mass is 269 g/mol. The third kappa shape index (κ3) is 2.16. The molecule has 0 saturated heterocycles. The second kappa shape index (κ2) is 4.80. The molecule has 0 fully saturated rings. The molecule has 2 aromatic rings. The third-order valence-electron chi connectivity index (χ3n) is 3.39. The number of primary amides is 1. The Kier molecular flexibility index (Phi) is 2.98. The van der Waals surface area contributed by atoms with Gasteiger partial charge in [-0.3, -0.25) is 9.88 Å². The van der Waals surface area contributed by atoms with Gasteiger partial charge >= 0.3 is 6.03 Å². The lowest BCUT2D eigenvalue weighted by molar-refractivity contribution is 0.253. The van der Waals surface area contributed by atoms with Gasteiger partial charge < -0.3 is 11.5 Å². The minimum Gasteiger partial charge on any atom is -0.397 e. The number of hydrogen-bond donors (Lipinski definition) is 2. The Balaban J connectivity index is 2.03. The zero-order chi connectivity index (χ0) is 14.1. The maximum absolute atomic E-state index is 11.4. The summed E-state index contributed by atoms with van der Waals surface area (Å²) >= 11 is 0. The molecule has 3 heterocycles. The Morgan fingerprint density at radius 3 is 2.75 bits per heavy atom. The number of nitrogens with two attached hydrogens (primary N) is 2. The highest BCUT2D eigenvalue weighted by Gasteiger charge is 2.22. The van der Waals surface area contributed by atoms with E-state index in [0.717, 1.165) is 29.5 Å². The highest BCUT2D eigenvalue weighted by Crippen LogP contribution is 2.29. The van der Waals surface area contributed by atoms with Crippen molar-refractivity contribution in [2.45, 2.75) is 12.8 Å². The van der Waals surface area contributed by atoms with Crippen molar-refractivity contribution in [1.29, 1.82) is 0 Å². The smallest absolute Gasteiger partial charge is 0.320 e. The lowest BCUT2D eigenvalue weighted by Gasteiger charge is -2.26. The summed E-state index contributed by atoms with van der Waals surface area (Å²) < 4.78 is 0. The summed E-state index contributed by atoms with van der Waals surface area (Å²) in [6.45, 7) is 0.620. The Bertz CT molecular complexity index is 670. The van der Waals surface area contributed by atoms with Gasteiger partial charge in [-0.05, 0) is 30.5 Å². The van der Waals surface area contributed by atoms with E-state index in [9.17, 15) is 4.79 Å². The Labute approximate surface area is 116 Å². The molecular formula is C14H15N5O. The van der Waals surface area contributed by atoms with E-state index in [1.54, 1.807) is 18.6 Å². The van der Waals surface area contributed by atoms with E-state index in [4.69, 9.17) is 11.5 Å². The fraction of sp³-hybridized carbons (Fsp3) is 0.214. The summed E-state index contributed by atoms with van der Waals surface area (Å²) in [5, 5.41) is 0. The number of fused-ring (bicyclic) bond motifs is 1. The number of aryl methyl sites for hydroxylation is 1. The molecule has 1 aliphatic heterocycles. The van der Waals surface area contributed by atoms with Crippen LogP contribution in [0.1, 0.15) is 12.0 Å². The molecule has 6 nitrogen and oxygen atoms in total. The van der Waals surface area contributed by atoms with Crippen LogP contribution in [-0.4, -0.2) is 22.5 Å². The molecule has 0 aliphatic carbocycles. The summed E-state index contributed by atoms with van der Waals surface area (Å²) in [6, 6.07) is 3.41. The van der Waals surface area contributed by atoms with Crippen molar-refractivity contribution < 1.29 is 4.79 Å². The molecule has 0 saturated carbocycles. The van der Waals surface area contributed by atoms with Crippen LogP contribution < -0.4 is 16.4 Å². The Morgan fingerprint density at radius 1 is 1.20 bits per heavy atom. The molecule has 2 aromatic heterocycles. The van der Waals surface area contributed by atoms with Crippen LogP contribution in [0.4, 0.5) is 16.3 Å². The average molecular weight is 269 g/mol. The number of urea groups is 1. The van der Waals surface area contributed by atoms with Crippen molar-refractivity contribution >= 4 is 17.5 Å². The van der Waals surface area contributed by atoms with Crippen LogP contribution in [0.3, 0.4) is 0 Å². The third-order valence-corrected chi connectivity index (χ3v) is 3.39. The molecule has 0 atom stereocenters. The first kappa shape index (κ1) is 12.4. The quantitative estimate of drug-likeness (QED) is 0.820. The summed E-state index contributed by atoms with van der Waals surface area (Å²) in [5.74, 6) is 0.657. The molecule has 102 valence electrons. The Hall–Kier alpha value is -2.63. The van der Waals surface area contributed by atoms with E-state index in [2.05, 4.69) is 9.97 Å².